The molecule has 0 unspecified atom stereocenters. The van der Waals surface area contributed by atoms with Gasteiger partial charge < -0.3 is 15.4 Å². The summed E-state index contributed by atoms with van der Waals surface area (Å²) in [6.07, 6.45) is 1.77. The van der Waals surface area contributed by atoms with Gasteiger partial charge in [-0.25, -0.2) is 4.98 Å². The Hall–Kier alpha value is -0.810. The SMILES string of the molecule is Nc1cc(Br)cnc1N1CCOCC1. The lowest BCUT2D eigenvalue weighted by atomic mass is 10.3. The van der Waals surface area contributed by atoms with Crippen molar-refractivity contribution in [3.05, 3.63) is 16.7 Å². The van der Waals surface area contributed by atoms with Crippen molar-refractivity contribution < 1.29 is 4.74 Å². The van der Waals surface area contributed by atoms with Crippen molar-refractivity contribution in [3.8, 4) is 0 Å². The van der Waals surface area contributed by atoms with Crippen LogP contribution < -0.4 is 10.6 Å². The molecule has 0 amide bonds. The number of morpholine rings is 1. The molecular weight excluding hydrogens is 246 g/mol. The molecule has 0 radical (unpaired) electrons. The molecule has 0 aromatic carbocycles. The monoisotopic (exact) mass is 257 g/mol. The Morgan fingerprint density at radius 2 is 2.14 bits per heavy atom. The number of hydrogen-bond donors (Lipinski definition) is 1. The molecule has 0 saturated carbocycles. The Morgan fingerprint density at radius 3 is 2.79 bits per heavy atom. The minimum Gasteiger partial charge on any atom is -0.396 e. The van der Waals surface area contributed by atoms with Crippen LogP contribution in [0.3, 0.4) is 0 Å². The van der Waals surface area contributed by atoms with Gasteiger partial charge in [0.1, 0.15) is 0 Å². The van der Waals surface area contributed by atoms with E-state index in [4.69, 9.17) is 10.5 Å². The summed E-state index contributed by atoms with van der Waals surface area (Å²) >= 11 is 3.33. The van der Waals surface area contributed by atoms with E-state index in [1.165, 1.54) is 0 Å². The van der Waals surface area contributed by atoms with Gasteiger partial charge in [0.2, 0.25) is 0 Å². The molecule has 1 saturated heterocycles. The molecule has 2 rings (SSSR count). The lowest BCUT2D eigenvalue weighted by molar-refractivity contribution is 0.122. The highest BCUT2D eigenvalue weighted by atomic mass is 79.9. The zero-order valence-corrected chi connectivity index (χ0v) is 9.33. The van der Waals surface area contributed by atoms with E-state index < -0.39 is 0 Å². The van der Waals surface area contributed by atoms with Crippen LogP contribution in [0.4, 0.5) is 11.5 Å². The summed E-state index contributed by atoms with van der Waals surface area (Å²) in [5.74, 6) is 0.858. The number of nitrogen functional groups attached to an aromatic ring is 1. The molecule has 2 heterocycles. The number of nitrogens with zero attached hydrogens (tertiary/aromatic N) is 2. The molecule has 1 fully saturated rings. The number of hydrogen-bond acceptors (Lipinski definition) is 4. The van der Waals surface area contributed by atoms with Crippen LogP contribution in [0.15, 0.2) is 16.7 Å². The third-order valence-electron chi connectivity index (χ3n) is 2.17. The summed E-state index contributed by atoms with van der Waals surface area (Å²) < 4.78 is 6.17. The predicted molar refractivity (Wildman–Crippen MR) is 59.4 cm³/mol. The fourth-order valence-electron chi connectivity index (χ4n) is 1.49. The normalized spacial score (nSPS) is 17.1. The Labute approximate surface area is 91.2 Å². The fraction of sp³-hybridized carbons (Fsp3) is 0.444. The van der Waals surface area contributed by atoms with Crippen LogP contribution in [0, 0.1) is 0 Å². The molecule has 2 N–H and O–H groups in total. The Balaban J connectivity index is 2.22. The van der Waals surface area contributed by atoms with Gasteiger partial charge >= 0.3 is 0 Å². The first-order valence-electron chi connectivity index (χ1n) is 4.51. The van der Waals surface area contributed by atoms with E-state index >= 15 is 0 Å². The molecule has 0 spiro atoms. The van der Waals surface area contributed by atoms with Gasteiger partial charge in [-0.1, -0.05) is 0 Å². The largest absolute Gasteiger partial charge is 0.396 e. The first-order valence-corrected chi connectivity index (χ1v) is 5.30. The molecule has 76 valence electrons. The molecule has 1 aliphatic heterocycles. The predicted octanol–water partition coefficient (Wildman–Crippen LogP) is 1.26. The van der Waals surface area contributed by atoms with E-state index in [9.17, 15) is 0 Å². The average Bonchev–Trinajstić information content (AvgIpc) is 2.19. The van der Waals surface area contributed by atoms with Gasteiger partial charge in [-0.15, -0.1) is 0 Å². The molecule has 1 aliphatic rings. The van der Waals surface area contributed by atoms with Gasteiger partial charge in [0.15, 0.2) is 5.82 Å². The highest BCUT2D eigenvalue weighted by molar-refractivity contribution is 9.10. The summed E-state index contributed by atoms with van der Waals surface area (Å²) in [5.41, 5.74) is 6.59. The molecule has 0 aliphatic carbocycles. The van der Waals surface area contributed by atoms with E-state index in [-0.39, 0.29) is 0 Å². The van der Waals surface area contributed by atoms with E-state index in [0.717, 1.165) is 36.6 Å². The topological polar surface area (TPSA) is 51.4 Å². The third-order valence-corrected chi connectivity index (χ3v) is 2.61. The highest BCUT2D eigenvalue weighted by Gasteiger charge is 2.14. The van der Waals surface area contributed by atoms with Crippen molar-refractivity contribution in [1.29, 1.82) is 0 Å². The summed E-state index contributed by atoms with van der Waals surface area (Å²) in [5, 5.41) is 0. The first-order chi connectivity index (χ1) is 6.77. The maximum atomic E-state index is 5.88. The van der Waals surface area contributed by atoms with Gasteiger partial charge in [-0.05, 0) is 22.0 Å². The van der Waals surface area contributed by atoms with Gasteiger partial charge in [0.05, 0.1) is 18.9 Å². The smallest absolute Gasteiger partial charge is 0.152 e. The standard InChI is InChI=1S/C9H12BrN3O/c10-7-5-8(11)9(12-6-7)13-1-3-14-4-2-13/h5-6H,1-4,11H2. The van der Waals surface area contributed by atoms with Crippen molar-refractivity contribution >= 4 is 27.4 Å². The number of nitrogens with two attached hydrogens (primary N) is 1. The lowest BCUT2D eigenvalue weighted by Gasteiger charge is -2.28. The maximum absolute atomic E-state index is 5.88. The summed E-state index contributed by atoms with van der Waals surface area (Å²) in [4.78, 5) is 6.44. The zero-order chi connectivity index (χ0) is 9.97. The number of aromatic nitrogens is 1. The van der Waals surface area contributed by atoms with Crippen LogP contribution in [0.5, 0.6) is 0 Å². The van der Waals surface area contributed by atoms with Gasteiger partial charge in [0.25, 0.3) is 0 Å². The molecule has 5 heteroatoms. The Kier molecular flexibility index (Phi) is 2.88. The molecule has 1 aromatic rings. The van der Waals surface area contributed by atoms with Crippen molar-refractivity contribution in [3.63, 3.8) is 0 Å². The number of pyridine rings is 1. The van der Waals surface area contributed by atoms with E-state index in [2.05, 4.69) is 25.8 Å². The van der Waals surface area contributed by atoms with E-state index in [0.29, 0.717) is 5.69 Å². The van der Waals surface area contributed by atoms with Crippen LogP contribution in [0.2, 0.25) is 0 Å². The Bertz CT molecular complexity index is 326. The van der Waals surface area contributed by atoms with Gasteiger partial charge in [-0.2, -0.15) is 0 Å². The number of rotatable bonds is 1. The van der Waals surface area contributed by atoms with Crippen LogP contribution in [0.1, 0.15) is 0 Å². The van der Waals surface area contributed by atoms with Gasteiger partial charge in [-0.3, -0.25) is 0 Å². The third kappa shape index (κ3) is 1.99. The van der Waals surface area contributed by atoms with E-state index in [1.807, 2.05) is 6.07 Å². The molecule has 1 aromatic heterocycles. The minimum atomic E-state index is 0.710. The second kappa shape index (κ2) is 4.14. The van der Waals surface area contributed by atoms with Crippen molar-refractivity contribution in [2.45, 2.75) is 0 Å². The van der Waals surface area contributed by atoms with E-state index in [1.54, 1.807) is 6.20 Å². The fourth-order valence-corrected chi connectivity index (χ4v) is 1.84. The van der Waals surface area contributed by atoms with Crippen LogP contribution in [0.25, 0.3) is 0 Å². The van der Waals surface area contributed by atoms with Crippen LogP contribution >= 0.6 is 15.9 Å². The van der Waals surface area contributed by atoms with Crippen LogP contribution in [-0.4, -0.2) is 31.3 Å². The minimum absolute atomic E-state index is 0.710. The maximum Gasteiger partial charge on any atom is 0.152 e. The molecular formula is C9H12BrN3O. The molecule has 0 atom stereocenters. The van der Waals surface area contributed by atoms with Gasteiger partial charge in [0, 0.05) is 23.8 Å². The second-order valence-electron chi connectivity index (χ2n) is 3.17. The quantitative estimate of drug-likeness (QED) is 0.824. The summed E-state index contributed by atoms with van der Waals surface area (Å²) in [6.45, 7) is 3.21. The van der Waals surface area contributed by atoms with Crippen molar-refractivity contribution in [2.75, 3.05) is 36.9 Å². The van der Waals surface area contributed by atoms with Crippen LogP contribution in [-0.2, 0) is 4.74 Å². The summed E-state index contributed by atoms with van der Waals surface area (Å²) in [6, 6.07) is 1.87. The number of halogens is 1. The average molecular weight is 258 g/mol. The van der Waals surface area contributed by atoms with Crippen molar-refractivity contribution in [2.24, 2.45) is 0 Å². The summed E-state index contributed by atoms with van der Waals surface area (Å²) in [7, 11) is 0. The lowest BCUT2D eigenvalue weighted by Crippen LogP contribution is -2.37. The second-order valence-corrected chi connectivity index (χ2v) is 4.08. The number of ether oxygens (including phenoxy) is 1. The molecule has 4 nitrogen and oxygen atoms in total. The molecule has 14 heavy (non-hydrogen) atoms. The van der Waals surface area contributed by atoms with Crippen molar-refractivity contribution in [1.82, 2.24) is 4.98 Å². The highest BCUT2D eigenvalue weighted by Crippen LogP contribution is 2.23. The Morgan fingerprint density at radius 1 is 1.43 bits per heavy atom. The molecule has 0 bridgehead atoms. The number of anilines is 2. The zero-order valence-electron chi connectivity index (χ0n) is 7.74. The first kappa shape index (κ1) is 9.73.